The maximum atomic E-state index is 12.9. The second-order valence-electron chi connectivity index (χ2n) is 5.74. The van der Waals surface area contributed by atoms with Crippen LogP contribution < -0.4 is 15.4 Å². The van der Waals surface area contributed by atoms with Gasteiger partial charge in [-0.1, -0.05) is 24.3 Å². The molecule has 2 amide bonds. The van der Waals surface area contributed by atoms with Gasteiger partial charge in [-0.05, 0) is 29.8 Å². The largest absolute Gasteiger partial charge is 0.483 e. The van der Waals surface area contributed by atoms with Gasteiger partial charge < -0.3 is 20.1 Å². The second-order valence-corrected chi connectivity index (χ2v) is 5.74. The van der Waals surface area contributed by atoms with Gasteiger partial charge in [0.15, 0.2) is 6.61 Å². The monoisotopic (exact) mass is 396 g/mol. The summed E-state index contributed by atoms with van der Waals surface area (Å²) in [7, 11) is 1.40. The van der Waals surface area contributed by atoms with Gasteiger partial charge in [0.25, 0.3) is 5.91 Å². The maximum absolute atomic E-state index is 12.9. The number of carbonyl (C=O) groups excluding carboxylic acids is 2. The Balaban J connectivity index is 1.88. The third-order valence-corrected chi connectivity index (χ3v) is 3.53. The molecule has 0 saturated heterocycles. The predicted molar refractivity (Wildman–Crippen MR) is 95.7 cm³/mol. The van der Waals surface area contributed by atoms with Crippen LogP contribution in [0.5, 0.6) is 5.75 Å². The zero-order valence-electron chi connectivity index (χ0n) is 15.0. The summed E-state index contributed by atoms with van der Waals surface area (Å²) in [5, 5.41) is 5.18. The number of hydrogen-bond acceptors (Lipinski definition) is 4. The summed E-state index contributed by atoms with van der Waals surface area (Å²) in [5.41, 5.74) is 0.283. The molecule has 2 aromatic carbocycles. The van der Waals surface area contributed by atoms with Crippen molar-refractivity contribution in [1.29, 1.82) is 0 Å². The summed E-state index contributed by atoms with van der Waals surface area (Å²) in [5.74, 6) is -1.31. The van der Waals surface area contributed by atoms with Crippen molar-refractivity contribution in [2.45, 2.75) is 12.7 Å². The zero-order chi connectivity index (χ0) is 20.6. The zero-order valence-corrected chi connectivity index (χ0v) is 15.0. The van der Waals surface area contributed by atoms with Crippen LogP contribution in [0.1, 0.15) is 11.1 Å². The van der Waals surface area contributed by atoms with Gasteiger partial charge in [-0.2, -0.15) is 13.2 Å². The average molecular weight is 396 g/mol. The fourth-order valence-electron chi connectivity index (χ4n) is 2.31. The van der Waals surface area contributed by atoms with Crippen LogP contribution in [0, 0.1) is 0 Å². The van der Waals surface area contributed by atoms with Gasteiger partial charge in [-0.25, -0.2) is 0 Å². The lowest BCUT2D eigenvalue weighted by molar-refractivity contribution is -0.139. The van der Waals surface area contributed by atoms with E-state index < -0.39 is 30.0 Å². The minimum absolute atomic E-state index is 0.0856. The molecule has 0 unspecified atom stereocenters. The third-order valence-electron chi connectivity index (χ3n) is 3.53. The molecule has 2 aromatic rings. The van der Waals surface area contributed by atoms with Crippen molar-refractivity contribution in [2.24, 2.45) is 0 Å². The molecule has 0 heterocycles. The Morgan fingerprint density at radius 3 is 2.46 bits per heavy atom. The first-order valence-corrected chi connectivity index (χ1v) is 8.23. The van der Waals surface area contributed by atoms with Crippen LogP contribution in [0.2, 0.25) is 0 Å². The van der Waals surface area contributed by atoms with E-state index in [0.717, 1.165) is 12.1 Å². The van der Waals surface area contributed by atoms with Crippen molar-refractivity contribution in [3.63, 3.8) is 0 Å². The lowest BCUT2D eigenvalue weighted by Crippen LogP contribution is -2.28. The van der Waals surface area contributed by atoms with Crippen LogP contribution in [0.25, 0.3) is 0 Å². The van der Waals surface area contributed by atoms with E-state index in [-0.39, 0.29) is 19.1 Å². The summed E-state index contributed by atoms with van der Waals surface area (Å²) in [6.45, 7) is -0.522. The topological polar surface area (TPSA) is 76.7 Å². The molecule has 6 nitrogen and oxygen atoms in total. The molecule has 150 valence electrons. The molecular formula is C19H19F3N2O4. The van der Waals surface area contributed by atoms with Crippen LogP contribution >= 0.6 is 0 Å². The van der Waals surface area contributed by atoms with Crippen LogP contribution in [-0.2, 0) is 27.0 Å². The molecule has 2 N–H and O–H groups in total. The highest BCUT2D eigenvalue weighted by molar-refractivity contribution is 5.91. The number of amides is 2. The molecule has 2 rings (SSSR count). The number of benzene rings is 2. The fourth-order valence-corrected chi connectivity index (χ4v) is 2.31. The Morgan fingerprint density at radius 2 is 1.75 bits per heavy atom. The molecule has 0 aliphatic heterocycles. The van der Waals surface area contributed by atoms with E-state index >= 15 is 0 Å². The number of rotatable bonds is 8. The second kappa shape index (κ2) is 9.75. The van der Waals surface area contributed by atoms with Crippen molar-refractivity contribution < 1.29 is 32.2 Å². The van der Waals surface area contributed by atoms with Gasteiger partial charge in [0.1, 0.15) is 12.4 Å². The van der Waals surface area contributed by atoms with Crippen LogP contribution in [0.3, 0.4) is 0 Å². The molecule has 0 atom stereocenters. The Kier molecular flexibility index (Phi) is 7.39. The Labute approximate surface area is 159 Å². The first-order valence-electron chi connectivity index (χ1n) is 8.23. The summed E-state index contributed by atoms with van der Waals surface area (Å²) < 4.78 is 48.4. The standard InChI is InChI=1S/C19H19F3N2O4/c1-27-11-18(26)24-14-6-4-5-13(9-14)10-23-17(25)12-28-16-8-3-2-7-15(16)19(20,21)22/h2-9H,10-12H2,1H3,(H,23,25)(H,24,26). The van der Waals surface area contributed by atoms with Crippen molar-refractivity contribution in [3.8, 4) is 5.75 Å². The van der Waals surface area contributed by atoms with Crippen molar-refractivity contribution in [1.82, 2.24) is 5.32 Å². The SMILES string of the molecule is COCC(=O)Nc1cccc(CNC(=O)COc2ccccc2C(F)(F)F)c1. The number of hydrogen-bond donors (Lipinski definition) is 2. The molecule has 0 aromatic heterocycles. The molecule has 0 saturated carbocycles. The van der Waals surface area contributed by atoms with Gasteiger partial charge in [0.2, 0.25) is 5.91 Å². The minimum Gasteiger partial charge on any atom is -0.483 e. The Bertz CT molecular complexity index is 825. The maximum Gasteiger partial charge on any atom is 0.419 e. The smallest absolute Gasteiger partial charge is 0.419 e. The molecule has 0 aliphatic carbocycles. The van der Waals surface area contributed by atoms with Crippen LogP contribution in [-0.4, -0.2) is 32.1 Å². The van der Waals surface area contributed by atoms with E-state index in [1.807, 2.05) is 0 Å². The van der Waals surface area contributed by atoms with E-state index in [9.17, 15) is 22.8 Å². The molecule has 0 fully saturated rings. The molecular weight excluding hydrogens is 377 g/mol. The lowest BCUT2D eigenvalue weighted by atomic mass is 10.2. The van der Waals surface area contributed by atoms with Gasteiger partial charge in [0, 0.05) is 19.3 Å². The van der Waals surface area contributed by atoms with Gasteiger partial charge in [-0.15, -0.1) is 0 Å². The van der Waals surface area contributed by atoms with E-state index in [1.165, 1.54) is 19.2 Å². The summed E-state index contributed by atoms with van der Waals surface area (Å²) in [4.78, 5) is 23.4. The van der Waals surface area contributed by atoms with Gasteiger partial charge in [0.05, 0.1) is 5.56 Å². The number of halogens is 3. The number of carbonyl (C=O) groups is 2. The minimum atomic E-state index is -4.57. The van der Waals surface area contributed by atoms with Crippen molar-refractivity contribution in [2.75, 3.05) is 25.6 Å². The van der Waals surface area contributed by atoms with Crippen LogP contribution in [0.4, 0.5) is 18.9 Å². The molecule has 9 heteroatoms. The van der Waals surface area contributed by atoms with E-state index in [0.29, 0.717) is 11.3 Å². The number of methoxy groups -OCH3 is 1. The first kappa shape index (κ1) is 21.2. The predicted octanol–water partition coefficient (Wildman–Crippen LogP) is 2.99. The molecule has 0 bridgehead atoms. The average Bonchev–Trinajstić information content (AvgIpc) is 2.64. The highest BCUT2D eigenvalue weighted by Gasteiger charge is 2.34. The number of nitrogens with one attached hydrogen (secondary N) is 2. The summed E-state index contributed by atoms with van der Waals surface area (Å²) >= 11 is 0. The number of anilines is 1. The Hall–Kier alpha value is -3.07. The Morgan fingerprint density at radius 1 is 1.00 bits per heavy atom. The molecule has 0 aliphatic rings. The van der Waals surface area contributed by atoms with Crippen molar-refractivity contribution >= 4 is 17.5 Å². The lowest BCUT2D eigenvalue weighted by Gasteiger charge is -2.13. The third kappa shape index (κ3) is 6.58. The van der Waals surface area contributed by atoms with Crippen LogP contribution in [0.15, 0.2) is 48.5 Å². The number of para-hydroxylation sites is 1. The first-order chi connectivity index (χ1) is 13.3. The fraction of sp³-hybridized carbons (Fsp3) is 0.263. The van der Waals surface area contributed by atoms with Gasteiger partial charge in [-0.3, -0.25) is 9.59 Å². The number of alkyl halides is 3. The normalized spacial score (nSPS) is 11.0. The number of ether oxygens (including phenoxy) is 2. The van der Waals surface area contributed by atoms with E-state index in [2.05, 4.69) is 10.6 Å². The highest BCUT2D eigenvalue weighted by Crippen LogP contribution is 2.35. The molecule has 0 spiro atoms. The molecule has 28 heavy (non-hydrogen) atoms. The van der Waals surface area contributed by atoms with E-state index in [1.54, 1.807) is 24.3 Å². The quantitative estimate of drug-likeness (QED) is 0.719. The highest BCUT2D eigenvalue weighted by atomic mass is 19.4. The van der Waals surface area contributed by atoms with Gasteiger partial charge >= 0.3 is 6.18 Å². The molecule has 0 radical (unpaired) electrons. The summed E-state index contributed by atoms with van der Waals surface area (Å²) in [6.07, 6.45) is -4.57. The summed E-state index contributed by atoms with van der Waals surface area (Å²) in [6, 6.07) is 11.4. The van der Waals surface area contributed by atoms with E-state index in [4.69, 9.17) is 9.47 Å². The van der Waals surface area contributed by atoms with Crippen molar-refractivity contribution in [3.05, 3.63) is 59.7 Å².